The third-order valence-electron chi connectivity index (χ3n) is 2.21. The van der Waals surface area contributed by atoms with E-state index in [1.807, 2.05) is 0 Å². The van der Waals surface area contributed by atoms with Crippen molar-refractivity contribution in [3.05, 3.63) is 35.4 Å². The van der Waals surface area contributed by atoms with Gasteiger partial charge in [0.1, 0.15) is 0 Å². The highest BCUT2D eigenvalue weighted by Crippen LogP contribution is 2.31. The van der Waals surface area contributed by atoms with Gasteiger partial charge in [-0.15, -0.1) is 0 Å². The summed E-state index contributed by atoms with van der Waals surface area (Å²) in [6.45, 7) is 2.96. The van der Waals surface area contributed by atoms with Crippen molar-refractivity contribution in [2.75, 3.05) is 0 Å². The Bertz CT molecular complexity index is 255. The van der Waals surface area contributed by atoms with E-state index in [0.29, 0.717) is 6.10 Å². The molecule has 1 heteroatoms. The highest BCUT2D eigenvalue weighted by atomic mass is 16.5. The van der Waals surface area contributed by atoms with Gasteiger partial charge >= 0.3 is 0 Å². The zero-order valence-electron chi connectivity index (χ0n) is 6.71. The number of hydrogen-bond donors (Lipinski definition) is 0. The van der Waals surface area contributed by atoms with Crippen LogP contribution in [0.1, 0.15) is 30.6 Å². The van der Waals surface area contributed by atoms with Crippen LogP contribution in [0, 0.1) is 0 Å². The lowest BCUT2D eigenvalue weighted by Gasteiger charge is -2.05. The van der Waals surface area contributed by atoms with Crippen LogP contribution in [0.25, 0.3) is 0 Å². The van der Waals surface area contributed by atoms with Crippen LogP contribution in [0.2, 0.25) is 0 Å². The second-order valence-corrected chi connectivity index (χ2v) is 2.91. The van der Waals surface area contributed by atoms with E-state index < -0.39 is 0 Å². The molecule has 0 N–H and O–H groups in total. The molecule has 0 spiro atoms. The molecule has 2 rings (SSSR count). The quantitative estimate of drug-likeness (QED) is 0.595. The fourth-order valence-corrected chi connectivity index (χ4v) is 1.60. The predicted molar refractivity (Wildman–Crippen MR) is 44.3 cm³/mol. The Morgan fingerprint density at radius 1 is 1.45 bits per heavy atom. The molecular weight excluding hydrogens is 136 g/mol. The first-order valence-corrected chi connectivity index (χ1v) is 4.11. The summed E-state index contributed by atoms with van der Waals surface area (Å²) >= 11 is 0. The lowest BCUT2D eigenvalue weighted by Crippen LogP contribution is -1.91. The molecule has 0 aliphatic carbocycles. The van der Waals surface area contributed by atoms with Gasteiger partial charge in [-0.2, -0.15) is 0 Å². The number of fused-ring (bicyclic) bond motifs is 1. The molecule has 1 aromatic rings. The van der Waals surface area contributed by atoms with E-state index in [1.165, 1.54) is 11.1 Å². The minimum atomic E-state index is 0.353. The largest absolute Gasteiger partial charge is 0.369 e. The maximum Gasteiger partial charge on any atom is 0.0830 e. The molecule has 11 heavy (non-hydrogen) atoms. The van der Waals surface area contributed by atoms with Crippen molar-refractivity contribution >= 4 is 0 Å². The van der Waals surface area contributed by atoms with Gasteiger partial charge in [0.05, 0.1) is 12.7 Å². The summed E-state index contributed by atoms with van der Waals surface area (Å²) in [6.07, 6.45) is 1.43. The standard InChI is InChI=1S/C10H12O/c1-2-10-9-6-4-3-5-8(9)7-11-10/h3-6,10H,2,7H2,1H3. The van der Waals surface area contributed by atoms with Gasteiger partial charge < -0.3 is 4.74 Å². The van der Waals surface area contributed by atoms with Gasteiger partial charge in [-0.25, -0.2) is 0 Å². The zero-order chi connectivity index (χ0) is 7.68. The molecule has 0 saturated heterocycles. The normalized spacial score (nSPS) is 21.7. The molecule has 0 aromatic heterocycles. The maximum atomic E-state index is 5.57. The van der Waals surface area contributed by atoms with Gasteiger partial charge in [-0.3, -0.25) is 0 Å². The van der Waals surface area contributed by atoms with Crippen molar-refractivity contribution < 1.29 is 4.74 Å². The fourth-order valence-electron chi connectivity index (χ4n) is 1.60. The smallest absolute Gasteiger partial charge is 0.0830 e. The van der Waals surface area contributed by atoms with Crippen molar-refractivity contribution in [1.29, 1.82) is 0 Å². The van der Waals surface area contributed by atoms with E-state index in [1.54, 1.807) is 0 Å². The molecule has 0 fully saturated rings. The van der Waals surface area contributed by atoms with Gasteiger partial charge in [0, 0.05) is 0 Å². The van der Waals surface area contributed by atoms with Gasteiger partial charge in [0.2, 0.25) is 0 Å². The van der Waals surface area contributed by atoms with Crippen molar-refractivity contribution in [3.8, 4) is 0 Å². The van der Waals surface area contributed by atoms with Crippen LogP contribution in [-0.2, 0) is 11.3 Å². The van der Waals surface area contributed by atoms with Crippen LogP contribution in [0.5, 0.6) is 0 Å². The summed E-state index contributed by atoms with van der Waals surface area (Å²) in [5, 5.41) is 0. The second kappa shape index (κ2) is 2.67. The number of ether oxygens (including phenoxy) is 1. The average Bonchev–Trinajstić information content (AvgIpc) is 2.47. The van der Waals surface area contributed by atoms with Crippen LogP contribution in [-0.4, -0.2) is 0 Å². The van der Waals surface area contributed by atoms with Crippen molar-refractivity contribution in [2.24, 2.45) is 0 Å². The Morgan fingerprint density at radius 2 is 2.27 bits per heavy atom. The highest BCUT2D eigenvalue weighted by Gasteiger charge is 2.19. The van der Waals surface area contributed by atoms with E-state index in [9.17, 15) is 0 Å². The third-order valence-corrected chi connectivity index (χ3v) is 2.21. The molecule has 1 atom stereocenters. The summed E-state index contributed by atoms with van der Waals surface area (Å²) in [5.74, 6) is 0. The molecular formula is C10H12O. The molecule has 1 aliphatic rings. The molecule has 1 nitrogen and oxygen atoms in total. The van der Waals surface area contributed by atoms with Crippen LogP contribution < -0.4 is 0 Å². The van der Waals surface area contributed by atoms with E-state index >= 15 is 0 Å². The van der Waals surface area contributed by atoms with Crippen molar-refractivity contribution in [3.63, 3.8) is 0 Å². The molecule has 1 aliphatic heterocycles. The average molecular weight is 148 g/mol. The Kier molecular flexibility index (Phi) is 1.66. The van der Waals surface area contributed by atoms with E-state index in [2.05, 4.69) is 31.2 Å². The maximum absolute atomic E-state index is 5.57. The summed E-state index contributed by atoms with van der Waals surface area (Å²) < 4.78 is 5.57. The fraction of sp³-hybridized carbons (Fsp3) is 0.400. The van der Waals surface area contributed by atoms with Crippen molar-refractivity contribution in [1.82, 2.24) is 0 Å². The number of benzene rings is 1. The van der Waals surface area contributed by atoms with E-state index in [4.69, 9.17) is 4.74 Å². The van der Waals surface area contributed by atoms with Gasteiger partial charge in [0.25, 0.3) is 0 Å². The first kappa shape index (κ1) is 6.86. The van der Waals surface area contributed by atoms with Gasteiger partial charge in [-0.05, 0) is 17.5 Å². The van der Waals surface area contributed by atoms with Gasteiger partial charge in [0.15, 0.2) is 0 Å². The molecule has 0 amide bonds. The Balaban J connectivity index is 2.39. The molecule has 0 bridgehead atoms. The number of rotatable bonds is 1. The van der Waals surface area contributed by atoms with Crippen LogP contribution in [0.3, 0.4) is 0 Å². The molecule has 58 valence electrons. The van der Waals surface area contributed by atoms with Gasteiger partial charge in [-0.1, -0.05) is 31.2 Å². The molecule has 1 heterocycles. The van der Waals surface area contributed by atoms with Crippen LogP contribution in [0.4, 0.5) is 0 Å². The monoisotopic (exact) mass is 148 g/mol. The number of hydrogen-bond acceptors (Lipinski definition) is 1. The second-order valence-electron chi connectivity index (χ2n) is 2.91. The molecule has 0 saturated carbocycles. The van der Waals surface area contributed by atoms with Crippen LogP contribution >= 0.6 is 0 Å². The summed E-state index contributed by atoms with van der Waals surface area (Å²) in [5.41, 5.74) is 2.74. The molecule has 1 aromatic carbocycles. The first-order chi connectivity index (χ1) is 5.42. The predicted octanol–water partition coefficient (Wildman–Crippen LogP) is 2.67. The first-order valence-electron chi connectivity index (χ1n) is 4.11. The minimum absolute atomic E-state index is 0.353. The highest BCUT2D eigenvalue weighted by molar-refractivity contribution is 5.31. The topological polar surface area (TPSA) is 9.23 Å². The zero-order valence-corrected chi connectivity index (χ0v) is 6.71. The van der Waals surface area contributed by atoms with Crippen molar-refractivity contribution in [2.45, 2.75) is 26.1 Å². The van der Waals surface area contributed by atoms with E-state index in [-0.39, 0.29) is 0 Å². The lowest BCUT2D eigenvalue weighted by molar-refractivity contribution is 0.0636. The third kappa shape index (κ3) is 1.05. The SMILES string of the molecule is CCC1OCc2ccccc21. The Hall–Kier alpha value is -0.820. The van der Waals surface area contributed by atoms with E-state index in [0.717, 1.165) is 13.0 Å². The molecule has 1 unspecified atom stereocenters. The summed E-state index contributed by atoms with van der Waals surface area (Å²) in [7, 11) is 0. The summed E-state index contributed by atoms with van der Waals surface area (Å²) in [6, 6.07) is 8.46. The Labute approximate surface area is 67.0 Å². The summed E-state index contributed by atoms with van der Waals surface area (Å²) in [4.78, 5) is 0. The molecule has 0 radical (unpaired) electrons. The Morgan fingerprint density at radius 3 is 3.09 bits per heavy atom. The lowest BCUT2D eigenvalue weighted by atomic mass is 10.0. The minimum Gasteiger partial charge on any atom is -0.369 e. The van der Waals surface area contributed by atoms with Crippen LogP contribution in [0.15, 0.2) is 24.3 Å².